The van der Waals surface area contributed by atoms with Crippen LogP contribution in [0.3, 0.4) is 0 Å². The molecule has 0 unspecified atom stereocenters. The van der Waals surface area contributed by atoms with Crippen molar-refractivity contribution < 1.29 is 19.1 Å². The summed E-state index contributed by atoms with van der Waals surface area (Å²) >= 11 is 0. The number of benzene rings is 2. The Morgan fingerprint density at radius 2 is 1.44 bits per heavy atom. The monoisotopic (exact) mass is 369 g/mol. The summed E-state index contributed by atoms with van der Waals surface area (Å²) in [5.41, 5.74) is 6.26. The van der Waals surface area contributed by atoms with Crippen LogP contribution in [0, 0.1) is 6.92 Å². The van der Waals surface area contributed by atoms with E-state index in [1.54, 1.807) is 45.0 Å². The van der Waals surface area contributed by atoms with Gasteiger partial charge in [0.15, 0.2) is 0 Å². The lowest BCUT2D eigenvalue weighted by molar-refractivity contribution is 0.0635. The molecular formula is C20H23N3O4. The number of rotatable bonds is 3. The summed E-state index contributed by atoms with van der Waals surface area (Å²) in [5, 5.41) is 2.58. The highest BCUT2D eigenvalue weighted by Gasteiger charge is 2.16. The number of hydrazine groups is 1. The van der Waals surface area contributed by atoms with Gasteiger partial charge in [0.05, 0.1) is 0 Å². The molecule has 3 amide bonds. The molecule has 2 rings (SSSR count). The van der Waals surface area contributed by atoms with E-state index in [-0.39, 0.29) is 0 Å². The minimum Gasteiger partial charge on any atom is -0.444 e. The van der Waals surface area contributed by atoms with Crippen LogP contribution in [0.4, 0.5) is 10.5 Å². The Labute approximate surface area is 158 Å². The molecule has 0 aromatic heterocycles. The largest absolute Gasteiger partial charge is 0.444 e. The third-order valence-corrected chi connectivity index (χ3v) is 3.47. The molecule has 0 saturated carbocycles. The van der Waals surface area contributed by atoms with E-state index >= 15 is 0 Å². The lowest BCUT2D eigenvalue weighted by Crippen LogP contribution is -2.41. The molecule has 3 N–H and O–H groups in total. The highest BCUT2D eigenvalue weighted by atomic mass is 16.6. The molecule has 0 aliphatic carbocycles. The minimum atomic E-state index is -0.598. The van der Waals surface area contributed by atoms with Gasteiger partial charge in [-0.3, -0.25) is 25.8 Å². The van der Waals surface area contributed by atoms with Gasteiger partial charge >= 0.3 is 6.09 Å². The number of carbonyl (C=O) groups is 3. The smallest absolute Gasteiger partial charge is 0.412 e. The first kappa shape index (κ1) is 20.0. The molecule has 0 aliphatic rings. The molecule has 142 valence electrons. The standard InChI is InChI=1S/C20H23N3O4/c1-13-7-5-6-8-16(13)18(25)23-22-17(24)14-9-11-15(12-10-14)21-19(26)27-20(2,3)4/h5-12H,1-4H3,(H,21,26)(H,22,24)(H,23,25). The second-order valence-corrected chi connectivity index (χ2v) is 6.93. The zero-order chi connectivity index (χ0) is 20.0. The van der Waals surface area contributed by atoms with Gasteiger partial charge in [-0.15, -0.1) is 0 Å². The van der Waals surface area contributed by atoms with Crippen molar-refractivity contribution in [3.8, 4) is 0 Å². The topological polar surface area (TPSA) is 96.5 Å². The van der Waals surface area contributed by atoms with Gasteiger partial charge in [0.25, 0.3) is 11.8 Å². The van der Waals surface area contributed by atoms with E-state index in [9.17, 15) is 14.4 Å². The summed E-state index contributed by atoms with van der Waals surface area (Å²) in [7, 11) is 0. The Morgan fingerprint density at radius 3 is 2.04 bits per heavy atom. The number of hydrogen-bond donors (Lipinski definition) is 3. The Kier molecular flexibility index (Phi) is 6.18. The maximum atomic E-state index is 12.1. The molecule has 0 heterocycles. The number of carbonyl (C=O) groups excluding carboxylic acids is 3. The van der Waals surface area contributed by atoms with Gasteiger partial charge in [-0.2, -0.15) is 0 Å². The number of aryl methyl sites for hydroxylation is 1. The molecule has 0 saturated heterocycles. The fraction of sp³-hybridized carbons (Fsp3) is 0.250. The molecule has 2 aromatic rings. The van der Waals surface area contributed by atoms with Crippen LogP contribution in [-0.4, -0.2) is 23.5 Å². The van der Waals surface area contributed by atoms with E-state index in [0.717, 1.165) is 5.56 Å². The van der Waals surface area contributed by atoms with Crippen LogP contribution >= 0.6 is 0 Å². The lowest BCUT2D eigenvalue weighted by atomic mass is 10.1. The fourth-order valence-electron chi connectivity index (χ4n) is 2.21. The molecule has 7 nitrogen and oxygen atoms in total. The predicted molar refractivity (Wildman–Crippen MR) is 102 cm³/mol. The number of hydrogen-bond acceptors (Lipinski definition) is 4. The Bertz CT molecular complexity index is 839. The van der Waals surface area contributed by atoms with Crippen LogP contribution in [0.1, 0.15) is 47.1 Å². The van der Waals surface area contributed by atoms with E-state index in [0.29, 0.717) is 16.8 Å². The van der Waals surface area contributed by atoms with E-state index < -0.39 is 23.5 Å². The van der Waals surface area contributed by atoms with Crippen LogP contribution in [0.15, 0.2) is 48.5 Å². The second-order valence-electron chi connectivity index (χ2n) is 6.93. The average molecular weight is 369 g/mol. The zero-order valence-corrected chi connectivity index (χ0v) is 15.8. The van der Waals surface area contributed by atoms with E-state index in [1.165, 1.54) is 12.1 Å². The van der Waals surface area contributed by atoms with Gasteiger partial charge in [-0.25, -0.2) is 4.79 Å². The summed E-state index contributed by atoms with van der Waals surface area (Å²) in [4.78, 5) is 36.0. The average Bonchev–Trinajstić information content (AvgIpc) is 2.58. The molecule has 0 aliphatic heterocycles. The van der Waals surface area contributed by atoms with Crippen LogP contribution in [0.5, 0.6) is 0 Å². The minimum absolute atomic E-state index is 0.329. The van der Waals surface area contributed by atoms with Crippen molar-refractivity contribution in [2.45, 2.75) is 33.3 Å². The van der Waals surface area contributed by atoms with Crippen molar-refractivity contribution in [1.82, 2.24) is 10.9 Å². The van der Waals surface area contributed by atoms with E-state index in [4.69, 9.17) is 4.74 Å². The first-order valence-electron chi connectivity index (χ1n) is 8.42. The third kappa shape index (κ3) is 6.14. The first-order chi connectivity index (χ1) is 12.7. The molecule has 0 spiro atoms. The maximum absolute atomic E-state index is 12.1. The summed E-state index contributed by atoms with van der Waals surface area (Å²) in [6.45, 7) is 7.12. The van der Waals surface area contributed by atoms with Crippen molar-refractivity contribution in [1.29, 1.82) is 0 Å². The Morgan fingerprint density at radius 1 is 0.852 bits per heavy atom. The number of nitrogens with one attached hydrogen (secondary N) is 3. The van der Waals surface area contributed by atoms with Crippen LogP contribution < -0.4 is 16.2 Å². The number of amides is 3. The highest BCUT2D eigenvalue weighted by molar-refractivity contribution is 6.00. The van der Waals surface area contributed by atoms with E-state index in [2.05, 4.69) is 16.2 Å². The van der Waals surface area contributed by atoms with Gasteiger partial charge in [-0.05, 0) is 63.6 Å². The van der Waals surface area contributed by atoms with Crippen LogP contribution in [0.2, 0.25) is 0 Å². The van der Waals surface area contributed by atoms with Crippen molar-refractivity contribution in [2.75, 3.05) is 5.32 Å². The Hall–Kier alpha value is -3.35. The van der Waals surface area contributed by atoms with Gasteiger partial charge < -0.3 is 4.74 Å². The summed E-state index contributed by atoms with van der Waals surface area (Å²) < 4.78 is 5.16. The Balaban J connectivity index is 1.91. The molecule has 27 heavy (non-hydrogen) atoms. The molecule has 0 fully saturated rings. The molecule has 2 aromatic carbocycles. The summed E-state index contributed by atoms with van der Waals surface area (Å²) in [5.74, 6) is -0.870. The molecule has 0 bridgehead atoms. The number of anilines is 1. The predicted octanol–water partition coefficient (Wildman–Crippen LogP) is 3.42. The van der Waals surface area contributed by atoms with Gasteiger partial charge in [0.1, 0.15) is 5.60 Å². The molecule has 0 atom stereocenters. The SMILES string of the molecule is Cc1ccccc1C(=O)NNC(=O)c1ccc(NC(=O)OC(C)(C)C)cc1. The van der Waals surface area contributed by atoms with Crippen molar-refractivity contribution in [3.63, 3.8) is 0 Å². The lowest BCUT2D eigenvalue weighted by Gasteiger charge is -2.19. The van der Waals surface area contributed by atoms with Crippen LogP contribution in [0.25, 0.3) is 0 Å². The second kappa shape index (κ2) is 8.35. The zero-order valence-electron chi connectivity index (χ0n) is 15.8. The van der Waals surface area contributed by atoms with E-state index in [1.807, 2.05) is 19.1 Å². The molecule has 0 radical (unpaired) electrons. The highest BCUT2D eigenvalue weighted by Crippen LogP contribution is 2.13. The van der Waals surface area contributed by atoms with Crippen molar-refractivity contribution in [3.05, 3.63) is 65.2 Å². The van der Waals surface area contributed by atoms with Crippen molar-refractivity contribution >= 4 is 23.6 Å². The van der Waals surface area contributed by atoms with Gasteiger partial charge in [-0.1, -0.05) is 18.2 Å². The third-order valence-electron chi connectivity index (χ3n) is 3.47. The van der Waals surface area contributed by atoms with Gasteiger partial charge in [0, 0.05) is 16.8 Å². The molecule has 7 heteroatoms. The fourth-order valence-corrected chi connectivity index (χ4v) is 2.21. The van der Waals surface area contributed by atoms with Gasteiger partial charge in [0.2, 0.25) is 0 Å². The maximum Gasteiger partial charge on any atom is 0.412 e. The number of ether oxygens (including phenoxy) is 1. The quantitative estimate of drug-likeness (QED) is 0.722. The summed E-state index contributed by atoms with van der Waals surface area (Å²) in [6, 6.07) is 13.3. The van der Waals surface area contributed by atoms with Crippen molar-refractivity contribution in [2.24, 2.45) is 0 Å². The molecular weight excluding hydrogens is 346 g/mol. The first-order valence-corrected chi connectivity index (χ1v) is 8.42. The van der Waals surface area contributed by atoms with Crippen LogP contribution in [-0.2, 0) is 4.74 Å². The normalized spacial score (nSPS) is 10.7. The summed E-state index contributed by atoms with van der Waals surface area (Å²) in [6.07, 6.45) is -0.579.